The van der Waals surface area contributed by atoms with Gasteiger partial charge in [0.25, 0.3) is 0 Å². The molecule has 1 atom stereocenters. The molecule has 2 aliphatic rings. The lowest BCUT2D eigenvalue weighted by Gasteiger charge is -2.12. The number of nitrogens with one attached hydrogen (secondary N) is 1. The van der Waals surface area contributed by atoms with Crippen molar-refractivity contribution in [2.75, 3.05) is 6.54 Å². The number of halogens is 1. The van der Waals surface area contributed by atoms with Gasteiger partial charge in [0, 0.05) is 4.47 Å². The quantitative estimate of drug-likeness (QED) is 0.935. The van der Waals surface area contributed by atoms with E-state index in [1.165, 1.54) is 12.0 Å². The van der Waals surface area contributed by atoms with Crippen LogP contribution in [0.5, 0.6) is 0 Å². The molecule has 1 aliphatic heterocycles. The fraction of sp³-hybridized carbons (Fsp3) is 0.467. The monoisotopic (exact) mass is 333 g/mol. The number of hydrogen-bond donors (Lipinski definition) is 1. The van der Waals surface area contributed by atoms with Crippen LogP contribution < -0.4 is 5.32 Å². The average molecular weight is 334 g/mol. The van der Waals surface area contributed by atoms with Crippen molar-refractivity contribution >= 4 is 15.9 Å². The van der Waals surface area contributed by atoms with E-state index >= 15 is 0 Å². The maximum atomic E-state index is 5.50. The predicted molar refractivity (Wildman–Crippen MR) is 78.4 cm³/mol. The van der Waals surface area contributed by atoms with Gasteiger partial charge in [0.1, 0.15) is 0 Å². The van der Waals surface area contributed by atoms with Gasteiger partial charge in [-0.3, -0.25) is 0 Å². The van der Waals surface area contributed by atoms with Crippen LogP contribution in [0.1, 0.15) is 49.0 Å². The van der Waals surface area contributed by atoms with Crippen molar-refractivity contribution in [2.45, 2.75) is 37.1 Å². The van der Waals surface area contributed by atoms with Crippen molar-refractivity contribution in [3.05, 3.63) is 46.0 Å². The van der Waals surface area contributed by atoms with Gasteiger partial charge in [-0.15, -0.1) is 0 Å². The van der Waals surface area contributed by atoms with Crippen molar-refractivity contribution in [1.82, 2.24) is 15.5 Å². The minimum atomic E-state index is -0.0412. The zero-order valence-electron chi connectivity index (χ0n) is 11.1. The van der Waals surface area contributed by atoms with Crippen molar-refractivity contribution in [2.24, 2.45) is 0 Å². The summed E-state index contributed by atoms with van der Waals surface area (Å²) in [7, 11) is 0. The normalized spacial score (nSPS) is 23.9. The molecule has 2 heterocycles. The number of rotatable bonds is 3. The minimum Gasteiger partial charge on any atom is -0.338 e. The average Bonchev–Trinajstić information content (AvgIpc) is 2.93. The molecule has 1 saturated carbocycles. The first-order valence-corrected chi connectivity index (χ1v) is 7.91. The Labute approximate surface area is 126 Å². The first-order valence-electron chi connectivity index (χ1n) is 7.12. The first-order chi connectivity index (χ1) is 9.79. The van der Waals surface area contributed by atoms with Gasteiger partial charge in [0.2, 0.25) is 5.89 Å². The number of hydrogen-bond acceptors (Lipinski definition) is 4. The van der Waals surface area contributed by atoms with Crippen LogP contribution in [0.4, 0.5) is 0 Å². The predicted octanol–water partition coefficient (Wildman–Crippen LogP) is 3.34. The second kappa shape index (κ2) is 4.67. The third-order valence-corrected chi connectivity index (χ3v) is 5.06. The minimum absolute atomic E-state index is 0.0412. The van der Waals surface area contributed by atoms with E-state index < -0.39 is 0 Å². The van der Waals surface area contributed by atoms with Gasteiger partial charge in [-0.2, -0.15) is 4.98 Å². The molecule has 4 nitrogen and oxygen atoms in total. The maximum absolute atomic E-state index is 5.50. The summed E-state index contributed by atoms with van der Waals surface area (Å²) in [6, 6.07) is 8.58. The highest BCUT2D eigenvalue weighted by Crippen LogP contribution is 2.54. The molecule has 1 unspecified atom stereocenters. The zero-order valence-corrected chi connectivity index (χ0v) is 12.7. The van der Waals surface area contributed by atoms with Crippen molar-refractivity contribution < 1.29 is 4.52 Å². The topological polar surface area (TPSA) is 51.0 Å². The summed E-state index contributed by atoms with van der Waals surface area (Å²) < 4.78 is 6.62. The summed E-state index contributed by atoms with van der Waals surface area (Å²) in [5, 5.41) is 7.67. The fourth-order valence-electron chi connectivity index (χ4n) is 3.05. The fourth-order valence-corrected chi connectivity index (χ4v) is 3.72. The molecule has 2 fully saturated rings. The lowest BCUT2D eigenvalue weighted by atomic mass is 9.95. The van der Waals surface area contributed by atoms with Crippen molar-refractivity contribution in [3.63, 3.8) is 0 Å². The Morgan fingerprint density at radius 1 is 1.30 bits per heavy atom. The summed E-state index contributed by atoms with van der Waals surface area (Å²) in [6.45, 7) is 1.04. The van der Waals surface area contributed by atoms with Gasteiger partial charge >= 0.3 is 0 Å². The highest BCUT2D eigenvalue weighted by Gasteiger charge is 2.51. The van der Waals surface area contributed by atoms with Gasteiger partial charge in [0.05, 0.1) is 11.5 Å². The Kier molecular flexibility index (Phi) is 2.93. The summed E-state index contributed by atoms with van der Waals surface area (Å²) >= 11 is 3.64. The van der Waals surface area contributed by atoms with E-state index in [2.05, 4.69) is 49.6 Å². The molecule has 1 N–H and O–H groups in total. The molecule has 104 valence electrons. The molecular formula is C15H16BrN3O. The van der Waals surface area contributed by atoms with Crippen LogP contribution in [-0.2, 0) is 5.41 Å². The molecule has 4 rings (SSSR count). The van der Waals surface area contributed by atoms with Gasteiger partial charge < -0.3 is 9.84 Å². The number of benzene rings is 1. The van der Waals surface area contributed by atoms with Crippen LogP contribution in [0.3, 0.4) is 0 Å². The molecule has 1 saturated heterocycles. The summed E-state index contributed by atoms with van der Waals surface area (Å²) in [5.41, 5.74) is 1.23. The van der Waals surface area contributed by atoms with Gasteiger partial charge in [0.15, 0.2) is 5.82 Å². The molecule has 1 aliphatic carbocycles. The second-order valence-corrected chi connectivity index (χ2v) is 6.52. The van der Waals surface area contributed by atoms with Crippen molar-refractivity contribution in [3.8, 4) is 0 Å². The lowest BCUT2D eigenvalue weighted by molar-refractivity contribution is 0.339. The Bertz CT molecular complexity index is 630. The van der Waals surface area contributed by atoms with Crippen molar-refractivity contribution in [1.29, 1.82) is 0 Å². The highest BCUT2D eigenvalue weighted by atomic mass is 79.9. The van der Waals surface area contributed by atoms with Crippen LogP contribution >= 0.6 is 15.9 Å². The van der Waals surface area contributed by atoms with Crippen LogP contribution in [0.15, 0.2) is 33.3 Å². The molecular weight excluding hydrogens is 318 g/mol. The highest BCUT2D eigenvalue weighted by molar-refractivity contribution is 9.10. The molecule has 5 heteroatoms. The van der Waals surface area contributed by atoms with E-state index in [1.807, 2.05) is 6.07 Å². The summed E-state index contributed by atoms with van der Waals surface area (Å²) in [4.78, 5) is 4.68. The molecule has 1 aromatic heterocycles. The molecule has 20 heavy (non-hydrogen) atoms. The van der Waals surface area contributed by atoms with E-state index in [4.69, 9.17) is 4.52 Å². The Hall–Kier alpha value is -1.20. The Morgan fingerprint density at radius 2 is 2.15 bits per heavy atom. The standard InChI is InChI=1S/C15H16BrN3O/c16-11-5-2-1-4-10(11)15(7-8-15)14-18-13(20-19-14)12-6-3-9-17-12/h1-2,4-5,12,17H,3,6-9H2. The summed E-state index contributed by atoms with van der Waals surface area (Å²) in [6.07, 6.45) is 4.45. The molecule has 2 aromatic rings. The third-order valence-electron chi connectivity index (χ3n) is 4.37. The Morgan fingerprint density at radius 3 is 2.85 bits per heavy atom. The van der Waals surface area contributed by atoms with Crippen LogP contribution in [0.2, 0.25) is 0 Å². The van der Waals surface area contributed by atoms with E-state index in [0.717, 1.165) is 42.0 Å². The first kappa shape index (κ1) is 12.5. The van der Waals surface area contributed by atoms with E-state index in [9.17, 15) is 0 Å². The smallest absolute Gasteiger partial charge is 0.243 e. The zero-order chi connectivity index (χ0) is 13.6. The van der Waals surface area contributed by atoms with Crippen LogP contribution in [-0.4, -0.2) is 16.7 Å². The molecule has 0 amide bonds. The van der Waals surface area contributed by atoms with E-state index in [-0.39, 0.29) is 11.5 Å². The number of aromatic nitrogens is 2. The summed E-state index contributed by atoms with van der Waals surface area (Å²) in [5.74, 6) is 1.59. The van der Waals surface area contributed by atoms with Gasteiger partial charge in [-0.25, -0.2) is 0 Å². The third kappa shape index (κ3) is 1.91. The lowest BCUT2D eigenvalue weighted by Crippen LogP contribution is -2.15. The van der Waals surface area contributed by atoms with Gasteiger partial charge in [-0.05, 0) is 43.9 Å². The van der Waals surface area contributed by atoms with E-state index in [0.29, 0.717) is 0 Å². The molecule has 0 bridgehead atoms. The van der Waals surface area contributed by atoms with Crippen LogP contribution in [0.25, 0.3) is 0 Å². The second-order valence-electron chi connectivity index (χ2n) is 5.67. The number of nitrogens with zero attached hydrogens (tertiary/aromatic N) is 2. The molecule has 0 radical (unpaired) electrons. The van der Waals surface area contributed by atoms with Gasteiger partial charge in [-0.1, -0.05) is 39.3 Å². The maximum Gasteiger partial charge on any atom is 0.243 e. The molecule has 1 aromatic carbocycles. The SMILES string of the molecule is Brc1ccccc1C1(c2noc(C3CCCN3)n2)CC1. The van der Waals surface area contributed by atoms with E-state index in [1.54, 1.807) is 0 Å². The Balaban J connectivity index is 1.69. The largest absolute Gasteiger partial charge is 0.338 e. The van der Waals surface area contributed by atoms with Crippen LogP contribution in [0, 0.1) is 0 Å². The molecule has 0 spiro atoms.